The van der Waals surface area contributed by atoms with Gasteiger partial charge in [-0.2, -0.15) is 5.26 Å². The first-order valence-electron chi connectivity index (χ1n) is 14.8. The third kappa shape index (κ3) is 5.46. The van der Waals surface area contributed by atoms with Gasteiger partial charge in [0, 0.05) is 37.2 Å². The average molecular weight is 594 g/mol. The number of nitrogens with one attached hydrogen (secondary N) is 2. The minimum Gasteiger partial charge on any atom is -0.363 e. The molecule has 1 saturated carbocycles. The number of carbonyl (C=O) groups is 1. The van der Waals surface area contributed by atoms with Crippen molar-refractivity contribution in [2.45, 2.75) is 69.9 Å². The molecule has 0 unspecified atom stereocenters. The van der Waals surface area contributed by atoms with Gasteiger partial charge < -0.3 is 15.5 Å². The second kappa shape index (κ2) is 10.9. The molecule has 0 radical (unpaired) electrons. The van der Waals surface area contributed by atoms with E-state index in [9.17, 15) is 14.9 Å². The van der Waals surface area contributed by atoms with E-state index < -0.39 is 40.7 Å². The number of benzene rings is 1. The van der Waals surface area contributed by atoms with E-state index in [0.29, 0.717) is 50.8 Å². The molecule has 1 aromatic carbocycles. The number of carbonyl (C=O) groups excluding carboxylic acids is 1. The molecule has 12 heteroatoms. The lowest BCUT2D eigenvalue weighted by molar-refractivity contribution is -0.121. The summed E-state index contributed by atoms with van der Waals surface area (Å²) in [4.78, 5) is 37.8. The molecule has 226 valence electrons. The van der Waals surface area contributed by atoms with Crippen LogP contribution in [0.15, 0.2) is 29.1 Å². The van der Waals surface area contributed by atoms with Crippen LogP contribution >= 0.6 is 0 Å². The molecule has 7 rings (SSSR count). The molecular formula is C31H34F3N7O2. The lowest BCUT2D eigenvalue weighted by Gasteiger charge is -2.41. The predicted octanol–water partition coefficient (Wildman–Crippen LogP) is 4.29. The summed E-state index contributed by atoms with van der Waals surface area (Å²) < 4.78 is 47.9. The Hall–Kier alpha value is -3.98. The summed E-state index contributed by atoms with van der Waals surface area (Å²) in [5.74, 6) is -4.37. The smallest absolute Gasteiger partial charge is 0.276 e. The minimum absolute atomic E-state index is 0.0475. The summed E-state index contributed by atoms with van der Waals surface area (Å²) in [5.41, 5.74) is -1.57. The lowest BCUT2D eigenvalue weighted by atomic mass is 9.88. The van der Waals surface area contributed by atoms with Crippen molar-refractivity contribution in [2.24, 2.45) is 5.92 Å². The number of nitriles is 1. The highest BCUT2D eigenvalue weighted by atomic mass is 19.3. The number of fused-ring (bicyclic) bond motifs is 8. The van der Waals surface area contributed by atoms with Gasteiger partial charge in [0.05, 0.1) is 28.5 Å². The van der Waals surface area contributed by atoms with Crippen LogP contribution in [0.25, 0.3) is 11.0 Å². The van der Waals surface area contributed by atoms with Gasteiger partial charge in [-0.1, -0.05) is 18.2 Å². The number of rotatable bonds is 1. The Morgan fingerprint density at radius 2 is 1.88 bits per heavy atom. The molecule has 5 heterocycles. The molecule has 43 heavy (non-hydrogen) atoms. The topological polar surface area (TPSA) is 116 Å². The molecule has 1 amide bonds. The van der Waals surface area contributed by atoms with E-state index in [1.54, 1.807) is 19.9 Å². The van der Waals surface area contributed by atoms with Crippen molar-refractivity contribution in [3.8, 4) is 6.07 Å². The van der Waals surface area contributed by atoms with Crippen molar-refractivity contribution in [1.82, 2.24) is 24.8 Å². The number of alkyl halides is 2. The number of nitrogens with zero attached hydrogens (tertiary/aromatic N) is 5. The summed E-state index contributed by atoms with van der Waals surface area (Å²) in [6.07, 6.45) is 2.03. The van der Waals surface area contributed by atoms with Crippen molar-refractivity contribution >= 4 is 22.8 Å². The monoisotopic (exact) mass is 593 g/mol. The van der Waals surface area contributed by atoms with E-state index in [0.717, 1.165) is 12.5 Å². The maximum atomic E-state index is 15.8. The molecule has 3 aromatic rings. The molecule has 8 bridgehead atoms. The zero-order valence-electron chi connectivity index (χ0n) is 24.2. The summed E-state index contributed by atoms with van der Waals surface area (Å²) in [6, 6.07) is 7.08. The predicted molar refractivity (Wildman–Crippen MR) is 154 cm³/mol. The largest absolute Gasteiger partial charge is 0.363 e. The summed E-state index contributed by atoms with van der Waals surface area (Å²) in [7, 11) is 0. The van der Waals surface area contributed by atoms with Gasteiger partial charge in [0.2, 0.25) is 5.91 Å². The van der Waals surface area contributed by atoms with Crippen molar-refractivity contribution in [1.29, 1.82) is 5.26 Å². The third-order valence-electron chi connectivity index (χ3n) is 8.88. The minimum atomic E-state index is -3.33. The Morgan fingerprint density at radius 1 is 1.12 bits per heavy atom. The fourth-order valence-corrected chi connectivity index (χ4v) is 6.32. The van der Waals surface area contributed by atoms with Gasteiger partial charge >= 0.3 is 0 Å². The first-order valence-corrected chi connectivity index (χ1v) is 14.8. The first-order chi connectivity index (χ1) is 20.5. The van der Waals surface area contributed by atoms with Crippen LogP contribution < -0.4 is 16.2 Å². The first kappa shape index (κ1) is 29.1. The van der Waals surface area contributed by atoms with Gasteiger partial charge in [0.15, 0.2) is 0 Å². The molecule has 3 aliphatic heterocycles. The number of aryl methyl sites for hydroxylation is 1. The standard InChI is InChI=1S/C31H34F3N7O2/c1-18-21-6-5-7-23(26(21)32)31(33,34)13-20-14-40(15-20)11-4-3-10-36-25(42)16-41-28-22(27(37-18)38-19(2)39-28)12-24(29(41)43)30(17-35)8-9-30/h5-7,12,18,20H,3-4,8-11,13-16H2,1-2H3,(H,36,42)(H,37,38,39)/t18-/m1/s1. The molecular weight excluding hydrogens is 559 g/mol. The van der Waals surface area contributed by atoms with E-state index in [4.69, 9.17) is 0 Å². The van der Waals surface area contributed by atoms with Crippen LogP contribution in [0, 0.1) is 30.0 Å². The van der Waals surface area contributed by atoms with E-state index in [1.807, 2.05) is 0 Å². The Kier molecular flexibility index (Phi) is 7.40. The van der Waals surface area contributed by atoms with Crippen molar-refractivity contribution in [3.05, 3.63) is 63.0 Å². The van der Waals surface area contributed by atoms with E-state index in [-0.39, 0.29) is 46.8 Å². The number of hydrogen-bond acceptors (Lipinski definition) is 7. The number of anilines is 1. The second-order valence-corrected chi connectivity index (χ2v) is 12.2. The third-order valence-corrected chi connectivity index (χ3v) is 8.88. The van der Waals surface area contributed by atoms with Gasteiger partial charge in [-0.3, -0.25) is 14.2 Å². The zero-order valence-corrected chi connectivity index (χ0v) is 24.2. The van der Waals surface area contributed by atoms with Crippen LogP contribution in [0.5, 0.6) is 0 Å². The number of pyridine rings is 1. The van der Waals surface area contributed by atoms with Gasteiger partial charge in [0.25, 0.3) is 11.5 Å². The Morgan fingerprint density at radius 3 is 2.60 bits per heavy atom. The fraction of sp³-hybridized carbons (Fsp3) is 0.516. The SMILES string of the molecule is Cc1nc2c3cc(C4(C#N)CC4)c(=O)n(c3n1)CC(=O)NCCCCN1CC(C1)CC(F)(F)c1cccc(c1F)[C@@H](C)N2. The Labute approximate surface area is 247 Å². The van der Waals surface area contributed by atoms with Crippen LogP contribution in [-0.2, 0) is 22.7 Å². The van der Waals surface area contributed by atoms with Crippen molar-refractivity contribution in [3.63, 3.8) is 0 Å². The van der Waals surface area contributed by atoms with Crippen LogP contribution in [0.2, 0.25) is 0 Å². The molecule has 0 spiro atoms. The van der Waals surface area contributed by atoms with E-state index >= 15 is 13.2 Å². The molecule has 2 fully saturated rings. The highest BCUT2D eigenvalue weighted by Gasteiger charge is 2.48. The molecule has 2 aromatic heterocycles. The number of halogens is 3. The maximum Gasteiger partial charge on any atom is 0.276 e. The van der Waals surface area contributed by atoms with Crippen molar-refractivity contribution < 1.29 is 18.0 Å². The van der Waals surface area contributed by atoms with E-state index in [2.05, 4.69) is 31.6 Å². The molecule has 1 aliphatic carbocycles. The highest BCUT2D eigenvalue weighted by molar-refractivity contribution is 5.89. The Balaban J connectivity index is 1.46. The molecule has 4 aliphatic rings. The summed E-state index contributed by atoms with van der Waals surface area (Å²) >= 11 is 0. The van der Waals surface area contributed by atoms with Crippen LogP contribution in [0.3, 0.4) is 0 Å². The number of aromatic nitrogens is 3. The van der Waals surface area contributed by atoms with Gasteiger partial charge in [-0.15, -0.1) is 0 Å². The molecule has 9 nitrogen and oxygen atoms in total. The highest BCUT2D eigenvalue weighted by Crippen LogP contribution is 2.47. The lowest BCUT2D eigenvalue weighted by Crippen LogP contribution is -2.48. The Bertz CT molecular complexity index is 1690. The maximum absolute atomic E-state index is 15.8. The van der Waals surface area contributed by atoms with Gasteiger partial charge in [-0.05, 0) is 58.1 Å². The number of hydrogen-bond donors (Lipinski definition) is 2. The molecule has 1 atom stereocenters. The van der Waals surface area contributed by atoms with Gasteiger partial charge in [-0.25, -0.2) is 23.1 Å². The second-order valence-electron chi connectivity index (χ2n) is 12.2. The number of amides is 1. The average Bonchev–Trinajstić information content (AvgIpc) is 3.73. The van der Waals surface area contributed by atoms with E-state index in [1.165, 1.54) is 16.7 Å². The van der Waals surface area contributed by atoms with Crippen LogP contribution in [0.1, 0.15) is 67.6 Å². The fourth-order valence-electron chi connectivity index (χ4n) is 6.32. The van der Waals surface area contributed by atoms with Crippen molar-refractivity contribution in [2.75, 3.05) is 31.5 Å². The molecule has 1 saturated heterocycles. The summed E-state index contributed by atoms with van der Waals surface area (Å²) in [5, 5.41) is 16.3. The molecule has 2 N–H and O–H groups in total. The van der Waals surface area contributed by atoms with Crippen LogP contribution in [-0.4, -0.2) is 51.5 Å². The normalized spacial score (nSPS) is 25.0. The zero-order chi connectivity index (χ0) is 30.5. The summed E-state index contributed by atoms with van der Waals surface area (Å²) in [6.45, 7) is 5.13. The quantitative estimate of drug-likeness (QED) is 0.433. The van der Waals surface area contributed by atoms with Gasteiger partial charge in [0.1, 0.15) is 29.7 Å². The van der Waals surface area contributed by atoms with Crippen LogP contribution in [0.4, 0.5) is 19.0 Å².